The summed E-state index contributed by atoms with van der Waals surface area (Å²) >= 11 is 0. The number of rotatable bonds is 3. The van der Waals surface area contributed by atoms with E-state index in [4.69, 9.17) is 0 Å². The van der Waals surface area contributed by atoms with Gasteiger partial charge in [-0.25, -0.2) is 0 Å². The molecule has 1 rings (SSSR count). The van der Waals surface area contributed by atoms with E-state index in [1.807, 2.05) is 6.92 Å². The SMILES string of the molecule is CCn1nccc1C(=O)CC(C)(C)C. The summed E-state index contributed by atoms with van der Waals surface area (Å²) in [6, 6.07) is 1.79. The lowest BCUT2D eigenvalue weighted by atomic mass is 9.89. The molecule has 0 amide bonds. The molecule has 1 aromatic rings. The van der Waals surface area contributed by atoms with Gasteiger partial charge in [0.2, 0.25) is 0 Å². The lowest BCUT2D eigenvalue weighted by molar-refractivity contribution is 0.0929. The highest BCUT2D eigenvalue weighted by molar-refractivity contribution is 5.94. The summed E-state index contributed by atoms with van der Waals surface area (Å²) in [6.07, 6.45) is 2.25. The minimum absolute atomic E-state index is 0.0416. The van der Waals surface area contributed by atoms with Gasteiger partial charge in [-0.05, 0) is 18.4 Å². The molecule has 0 saturated carbocycles. The molecule has 0 aromatic carbocycles. The third-order valence-corrected chi connectivity index (χ3v) is 1.99. The molecule has 78 valence electrons. The Morgan fingerprint density at radius 3 is 2.64 bits per heavy atom. The second kappa shape index (κ2) is 3.95. The quantitative estimate of drug-likeness (QED) is 0.693. The van der Waals surface area contributed by atoms with Crippen LogP contribution in [0.2, 0.25) is 0 Å². The number of carbonyl (C=O) groups is 1. The second-order valence-corrected chi connectivity index (χ2v) is 4.69. The first-order chi connectivity index (χ1) is 6.44. The average molecular weight is 194 g/mol. The first-order valence-corrected chi connectivity index (χ1v) is 4.99. The highest BCUT2D eigenvalue weighted by Gasteiger charge is 2.19. The molecule has 0 saturated heterocycles. The predicted molar refractivity (Wildman–Crippen MR) is 56.3 cm³/mol. The van der Waals surface area contributed by atoms with Crippen molar-refractivity contribution < 1.29 is 4.79 Å². The van der Waals surface area contributed by atoms with Crippen LogP contribution in [0.1, 0.15) is 44.6 Å². The third kappa shape index (κ3) is 2.69. The van der Waals surface area contributed by atoms with E-state index in [1.54, 1.807) is 16.9 Å². The topological polar surface area (TPSA) is 34.9 Å². The van der Waals surface area contributed by atoms with Gasteiger partial charge >= 0.3 is 0 Å². The molecule has 0 unspecified atom stereocenters. The largest absolute Gasteiger partial charge is 0.292 e. The second-order valence-electron chi connectivity index (χ2n) is 4.69. The molecule has 1 aromatic heterocycles. The third-order valence-electron chi connectivity index (χ3n) is 1.99. The molecular formula is C11H18N2O. The van der Waals surface area contributed by atoms with Gasteiger partial charge in [0.25, 0.3) is 0 Å². The molecule has 0 aliphatic heterocycles. The Bertz CT molecular complexity index is 320. The van der Waals surface area contributed by atoms with Crippen LogP contribution in [-0.4, -0.2) is 15.6 Å². The minimum atomic E-state index is 0.0416. The maximum atomic E-state index is 11.8. The fourth-order valence-electron chi connectivity index (χ4n) is 1.39. The van der Waals surface area contributed by atoms with E-state index < -0.39 is 0 Å². The van der Waals surface area contributed by atoms with Gasteiger partial charge in [-0.1, -0.05) is 20.8 Å². The lowest BCUT2D eigenvalue weighted by Gasteiger charge is -2.16. The van der Waals surface area contributed by atoms with Gasteiger partial charge in [0.1, 0.15) is 5.69 Å². The number of carbonyl (C=O) groups excluding carboxylic acids is 1. The van der Waals surface area contributed by atoms with Crippen LogP contribution < -0.4 is 0 Å². The Hall–Kier alpha value is -1.12. The normalized spacial score (nSPS) is 11.7. The molecule has 0 spiro atoms. The summed E-state index contributed by atoms with van der Waals surface area (Å²) in [4.78, 5) is 11.8. The Labute approximate surface area is 85.1 Å². The summed E-state index contributed by atoms with van der Waals surface area (Å²) in [7, 11) is 0. The molecule has 0 bridgehead atoms. The molecule has 0 atom stereocenters. The molecule has 14 heavy (non-hydrogen) atoms. The fourth-order valence-corrected chi connectivity index (χ4v) is 1.39. The number of aryl methyl sites for hydroxylation is 1. The zero-order valence-electron chi connectivity index (χ0n) is 9.37. The van der Waals surface area contributed by atoms with Crippen molar-refractivity contribution >= 4 is 5.78 Å². The molecule has 1 heterocycles. The molecule has 3 heteroatoms. The maximum absolute atomic E-state index is 11.8. The predicted octanol–water partition coefficient (Wildman–Crippen LogP) is 2.52. The van der Waals surface area contributed by atoms with Gasteiger partial charge < -0.3 is 0 Å². The van der Waals surface area contributed by atoms with Crippen LogP contribution >= 0.6 is 0 Å². The summed E-state index contributed by atoms with van der Waals surface area (Å²) in [5.74, 6) is 0.178. The van der Waals surface area contributed by atoms with Gasteiger partial charge in [0, 0.05) is 19.2 Å². The fraction of sp³-hybridized carbons (Fsp3) is 0.636. The van der Waals surface area contributed by atoms with Gasteiger partial charge in [-0.2, -0.15) is 5.10 Å². The van der Waals surface area contributed by atoms with Gasteiger partial charge in [0.05, 0.1) is 0 Å². The molecule has 0 radical (unpaired) electrons. The zero-order valence-corrected chi connectivity index (χ0v) is 9.37. The Balaban J connectivity index is 2.80. The number of hydrogen-bond acceptors (Lipinski definition) is 2. The van der Waals surface area contributed by atoms with E-state index >= 15 is 0 Å². The molecular weight excluding hydrogens is 176 g/mol. The lowest BCUT2D eigenvalue weighted by Crippen LogP contribution is -2.16. The Morgan fingerprint density at radius 2 is 2.14 bits per heavy atom. The monoisotopic (exact) mass is 194 g/mol. The average Bonchev–Trinajstić information content (AvgIpc) is 2.47. The molecule has 0 fully saturated rings. The van der Waals surface area contributed by atoms with Crippen LogP contribution in [-0.2, 0) is 6.54 Å². The van der Waals surface area contributed by atoms with Crippen LogP contribution in [0.15, 0.2) is 12.3 Å². The van der Waals surface area contributed by atoms with Crippen molar-refractivity contribution in [1.29, 1.82) is 0 Å². The van der Waals surface area contributed by atoms with E-state index in [-0.39, 0.29) is 11.2 Å². The van der Waals surface area contributed by atoms with Crippen molar-refractivity contribution in [2.75, 3.05) is 0 Å². The van der Waals surface area contributed by atoms with Crippen LogP contribution in [0.4, 0.5) is 0 Å². The van der Waals surface area contributed by atoms with Crippen molar-refractivity contribution in [3.05, 3.63) is 18.0 Å². The van der Waals surface area contributed by atoms with Gasteiger partial charge in [0.15, 0.2) is 5.78 Å². The van der Waals surface area contributed by atoms with Gasteiger partial charge in [-0.15, -0.1) is 0 Å². The van der Waals surface area contributed by atoms with Crippen molar-refractivity contribution in [2.45, 2.75) is 40.7 Å². The van der Waals surface area contributed by atoms with E-state index in [0.717, 1.165) is 12.2 Å². The number of aromatic nitrogens is 2. The summed E-state index contributed by atoms with van der Waals surface area (Å²) in [5, 5.41) is 4.08. The first-order valence-electron chi connectivity index (χ1n) is 4.99. The van der Waals surface area contributed by atoms with Crippen molar-refractivity contribution in [3.8, 4) is 0 Å². The smallest absolute Gasteiger partial charge is 0.181 e. The Morgan fingerprint density at radius 1 is 1.50 bits per heavy atom. The van der Waals surface area contributed by atoms with Crippen molar-refractivity contribution in [1.82, 2.24) is 9.78 Å². The molecule has 0 N–H and O–H groups in total. The highest BCUT2D eigenvalue weighted by atomic mass is 16.1. The van der Waals surface area contributed by atoms with E-state index in [9.17, 15) is 4.79 Å². The number of Topliss-reactive ketones (excluding diaryl/α,β-unsaturated/α-hetero) is 1. The minimum Gasteiger partial charge on any atom is -0.292 e. The van der Waals surface area contributed by atoms with Crippen LogP contribution in [0, 0.1) is 5.41 Å². The van der Waals surface area contributed by atoms with E-state index in [1.165, 1.54) is 0 Å². The van der Waals surface area contributed by atoms with Gasteiger partial charge in [-0.3, -0.25) is 9.48 Å². The number of ketones is 1. The Kier molecular flexibility index (Phi) is 3.09. The van der Waals surface area contributed by atoms with Crippen LogP contribution in [0.5, 0.6) is 0 Å². The van der Waals surface area contributed by atoms with Crippen molar-refractivity contribution in [3.63, 3.8) is 0 Å². The summed E-state index contributed by atoms with van der Waals surface area (Å²) in [6.45, 7) is 8.94. The summed E-state index contributed by atoms with van der Waals surface area (Å²) < 4.78 is 1.74. The van der Waals surface area contributed by atoms with E-state index in [0.29, 0.717) is 6.42 Å². The van der Waals surface area contributed by atoms with Crippen molar-refractivity contribution in [2.24, 2.45) is 5.41 Å². The molecule has 3 nitrogen and oxygen atoms in total. The molecule has 0 aliphatic rings. The van der Waals surface area contributed by atoms with E-state index in [2.05, 4.69) is 25.9 Å². The number of nitrogens with zero attached hydrogens (tertiary/aromatic N) is 2. The maximum Gasteiger partial charge on any atom is 0.181 e. The van der Waals surface area contributed by atoms with Crippen LogP contribution in [0.3, 0.4) is 0 Å². The summed E-state index contributed by atoms with van der Waals surface area (Å²) in [5.41, 5.74) is 0.766. The van der Waals surface area contributed by atoms with Crippen LogP contribution in [0.25, 0.3) is 0 Å². The first kappa shape index (κ1) is 11.0. The number of hydrogen-bond donors (Lipinski definition) is 0. The zero-order chi connectivity index (χ0) is 10.8. The highest BCUT2D eigenvalue weighted by Crippen LogP contribution is 2.21. The molecule has 0 aliphatic carbocycles. The standard InChI is InChI=1S/C11H18N2O/c1-5-13-9(6-7-12-13)10(14)8-11(2,3)4/h6-7H,5,8H2,1-4H3.